The van der Waals surface area contributed by atoms with Gasteiger partial charge in [0.15, 0.2) is 5.75 Å². The van der Waals surface area contributed by atoms with Crippen molar-refractivity contribution in [3.8, 4) is 5.75 Å². The van der Waals surface area contributed by atoms with Crippen molar-refractivity contribution in [3.63, 3.8) is 0 Å². The summed E-state index contributed by atoms with van der Waals surface area (Å²) in [5, 5.41) is 4.41. The Hall–Kier alpha value is -1.92. The molecule has 1 unspecified atom stereocenters. The van der Waals surface area contributed by atoms with E-state index in [4.69, 9.17) is 10.6 Å². The van der Waals surface area contributed by atoms with Gasteiger partial charge >= 0.3 is 0 Å². The normalized spacial score (nSPS) is 12.4. The molecule has 0 saturated heterocycles. The van der Waals surface area contributed by atoms with Gasteiger partial charge in [-0.3, -0.25) is 15.5 Å². The molecule has 3 N–H and O–H groups in total. The highest BCUT2D eigenvalue weighted by atomic mass is 16.5. The predicted octanol–water partition coefficient (Wildman–Crippen LogP) is 1.81. The molecule has 6 heteroatoms. The van der Waals surface area contributed by atoms with E-state index in [-0.39, 0.29) is 6.04 Å². The highest BCUT2D eigenvalue weighted by molar-refractivity contribution is 5.39. The van der Waals surface area contributed by atoms with Crippen LogP contribution in [0.25, 0.3) is 0 Å². The Morgan fingerprint density at radius 3 is 2.81 bits per heavy atom. The van der Waals surface area contributed by atoms with E-state index in [1.165, 1.54) is 0 Å². The second kappa shape index (κ2) is 7.19. The third-order valence-corrected chi connectivity index (χ3v) is 3.57. The first-order valence-corrected chi connectivity index (χ1v) is 7.25. The van der Waals surface area contributed by atoms with Crippen molar-refractivity contribution in [1.29, 1.82) is 0 Å². The van der Waals surface area contributed by atoms with Gasteiger partial charge in [0.2, 0.25) is 0 Å². The van der Waals surface area contributed by atoms with Crippen LogP contribution >= 0.6 is 0 Å². The van der Waals surface area contributed by atoms with Crippen LogP contribution in [0.3, 0.4) is 0 Å². The summed E-state index contributed by atoms with van der Waals surface area (Å²) in [5.41, 5.74) is 6.11. The lowest BCUT2D eigenvalue weighted by Crippen LogP contribution is -2.32. The van der Waals surface area contributed by atoms with E-state index >= 15 is 0 Å². The maximum absolute atomic E-state index is 5.84. The van der Waals surface area contributed by atoms with E-state index in [1.54, 1.807) is 19.5 Å². The molecule has 0 aliphatic heterocycles. The molecule has 0 saturated carbocycles. The summed E-state index contributed by atoms with van der Waals surface area (Å²) in [4.78, 5) is 4.19. The number of rotatable bonds is 7. The van der Waals surface area contributed by atoms with E-state index in [1.807, 2.05) is 16.9 Å². The molecule has 2 aromatic rings. The van der Waals surface area contributed by atoms with Gasteiger partial charge in [-0.15, -0.1) is 0 Å². The number of aromatic nitrogens is 3. The summed E-state index contributed by atoms with van der Waals surface area (Å²) < 4.78 is 7.40. The van der Waals surface area contributed by atoms with Crippen LogP contribution in [0.15, 0.2) is 24.7 Å². The molecule has 2 aromatic heterocycles. The SMILES string of the molecule is CCCn1ncc(OC)c1C(NN)c1ccncc1CC. The van der Waals surface area contributed by atoms with Gasteiger partial charge in [0.05, 0.1) is 19.3 Å². The number of methoxy groups -OCH3 is 1. The quantitative estimate of drug-likeness (QED) is 0.600. The molecule has 0 spiro atoms. The van der Waals surface area contributed by atoms with Gasteiger partial charge in [-0.2, -0.15) is 5.10 Å². The van der Waals surface area contributed by atoms with Crippen molar-refractivity contribution < 1.29 is 4.74 Å². The number of aryl methyl sites for hydroxylation is 2. The zero-order chi connectivity index (χ0) is 15.2. The van der Waals surface area contributed by atoms with Crippen LogP contribution in [0.4, 0.5) is 0 Å². The number of hydrazine groups is 1. The molecular formula is C15H23N5O. The number of hydrogen-bond donors (Lipinski definition) is 2. The third-order valence-electron chi connectivity index (χ3n) is 3.57. The first kappa shape index (κ1) is 15.5. The van der Waals surface area contributed by atoms with Crippen molar-refractivity contribution in [3.05, 3.63) is 41.5 Å². The minimum Gasteiger partial charge on any atom is -0.493 e. The Balaban J connectivity index is 2.52. The van der Waals surface area contributed by atoms with Gasteiger partial charge in [0, 0.05) is 18.9 Å². The first-order chi connectivity index (χ1) is 10.3. The summed E-state index contributed by atoms with van der Waals surface area (Å²) >= 11 is 0. The Morgan fingerprint density at radius 1 is 1.38 bits per heavy atom. The van der Waals surface area contributed by atoms with Crippen molar-refractivity contribution in [2.75, 3.05) is 7.11 Å². The zero-order valence-electron chi connectivity index (χ0n) is 12.8. The number of nitrogens with zero attached hydrogens (tertiary/aromatic N) is 3. The van der Waals surface area contributed by atoms with Crippen LogP contribution in [0, 0.1) is 0 Å². The van der Waals surface area contributed by atoms with Gasteiger partial charge in [0.25, 0.3) is 0 Å². The molecule has 0 amide bonds. The minimum absolute atomic E-state index is 0.174. The summed E-state index contributed by atoms with van der Waals surface area (Å²) in [5.74, 6) is 6.58. The molecule has 0 aliphatic rings. The molecule has 0 bridgehead atoms. The first-order valence-electron chi connectivity index (χ1n) is 7.25. The van der Waals surface area contributed by atoms with Crippen molar-refractivity contribution in [2.24, 2.45) is 5.84 Å². The average molecular weight is 289 g/mol. The van der Waals surface area contributed by atoms with E-state index in [0.29, 0.717) is 0 Å². The summed E-state index contributed by atoms with van der Waals surface area (Å²) in [6.45, 7) is 5.05. The highest BCUT2D eigenvalue weighted by Gasteiger charge is 2.24. The second-order valence-electron chi connectivity index (χ2n) is 4.85. The van der Waals surface area contributed by atoms with E-state index in [0.717, 1.165) is 42.0 Å². The van der Waals surface area contributed by atoms with Crippen molar-refractivity contribution >= 4 is 0 Å². The van der Waals surface area contributed by atoms with Crippen LogP contribution in [-0.4, -0.2) is 21.9 Å². The van der Waals surface area contributed by atoms with E-state index in [9.17, 15) is 0 Å². The highest BCUT2D eigenvalue weighted by Crippen LogP contribution is 2.31. The lowest BCUT2D eigenvalue weighted by molar-refractivity contribution is 0.398. The van der Waals surface area contributed by atoms with Gasteiger partial charge in [0.1, 0.15) is 5.69 Å². The minimum atomic E-state index is -0.174. The molecule has 1 atom stereocenters. The molecule has 6 nitrogen and oxygen atoms in total. The molecule has 2 rings (SSSR count). The Morgan fingerprint density at radius 2 is 2.19 bits per heavy atom. The molecule has 2 heterocycles. The van der Waals surface area contributed by atoms with Gasteiger partial charge in [-0.05, 0) is 30.0 Å². The number of hydrogen-bond acceptors (Lipinski definition) is 5. The van der Waals surface area contributed by atoms with Crippen LogP contribution in [0.5, 0.6) is 5.75 Å². The Kier molecular flexibility index (Phi) is 5.30. The lowest BCUT2D eigenvalue weighted by Gasteiger charge is -2.21. The fourth-order valence-electron chi connectivity index (χ4n) is 2.55. The molecule has 0 radical (unpaired) electrons. The van der Waals surface area contributed by atoms with Gasteiger partial charge in [-0.25, -0.2) is 5.43 Å². The molecule has 21 heavy (non-hydrogen) atoms. The summed E-state index contributed by atoms with van der Waals surface area (Å²) in [6.07, 6.45) is 7.29. The molecule has 0 aliphatic carbocycles. The summed E-state index contributed by atoms with van der Waals surface area (Å²) in [7, 11) is 1.65. The number of ether oxygens (including phenoxy) is 1. The lowest BCUT2D eigenvalue weighted by atomic mass is 9.98. The van der Waals surface area contributed by atoms with Gasteiger partial charge < -0.3 is 4.74 Å². The van der Waals surface area contributed by atoms with Gasteiger partial charge in [-0.1, -0.05) is 13.8 Å². The van der Waals surface area contributed by atoms with Crippen LogP contribution < -0.4 is 16.0 Å². The monoisotopic (exact) mass is 289 g/mol. The Bertz CT molecular complexity index is 581. The fraction of sp³-hybridized carbons (Fsp3) is 0.467. The van der Waals surface area contributed by atoms with Crippen molar-refractivity contribution in [1.82, 2.24) is 20.2 Å². The largest absolute Gasteiger partial charge is 0.493 e. The molecule has 0 aromatic carbocycles. The maximum atomic E-state index is 5.84. The van der Waals surface area contributed by atoms with Crippen LogP contribution in [0.2, 0.25) is 0 Å². The average Bonchev–Trinajstić information content (AvgIpc) is 2.92. The van der Waals surface area contributed by atoms with Crippen molar-refractivity contribution in [2.45, 2.75) is 39.3 Å². The van der Waals surface area contributed by atoms with E-state index in [2.05, 4.69) is 29.4 Å². The molecule has 0 fully saturated rings. The molecule has 114 valence electrons. The Labute approximate surface area is 125 Å². The second-order valence-corrected chi connectivity index (χ2v) is 4.85. The maximum Gasteiger partial charge on any atom is 0.161 e. The van der Waals surface area contributed by atoms with Crippen LogP contribution in [0.1, 0.15) is 43.1 Å². The number of nitrogens with one attached hydrogen (secondary N) is 1. The number of nitrogens with two attached hydrogens (primary N) is 1. The smallest absolute Gasteiger partial charge is 0.161 e. The number of pyridine rings is 1. The van der Waals surface area contributed by atoms with Crippen LogP contribution in [-0.2, 0) is 13.0 Å². The van der Waals surface area contributed by atoms with E-state index < -0.39 is 0 Å². The predicted molar refractivity (Wildman–Crippen MR) is 81.9 cm³/mol. The standard InChI is InChI=1S/C15H23N5O/c1-4-8-20-15(13(21-3)10-18-20)14(19-16)12-6-7-17-9-11(12)5-2/h6-7,9-10,14,19H,4-5,8,16H2,1-3H3. The molecular weight excluding hydrogens is 266 g/mol. The fourth-order valence-corrected chi connectivity index (χ4v) is 2.55. The summed E-state index contributed by atoms with van der Waals surface area (Å²) in [6, 6.07) is 1.82. The third kappa shape index (κ3) is 3.06. The zero-order valence-corrected chi connectivity index (χ0v) is 12.8. The topological polar surface area (TPSA) is 78.0 Å².